The van der Waals surface area contributed by atoms with E-state index in [0.717, 1.165) is 6.26 Å². The number of rotatable bonds is 4. The van der Waals surface area contributed by atoms with Crippen LogP contribution in [0.4, 0.5) is 0 Å². The Kier molecular flexibility index (Phi) is 4.47. The van der Waals surface area contributed by atoms with Crippen molar-refractivity contribution in [3.05, 3.63) is 34.9 Å². The summed E-state index contributed by atoms with van der Waals surface area (Å²) in [5.74, 6) is 0. The van der Waals surface area contributed by atoms with Crippen LogP contribution in [0, 0.1) is 0 Å². The maximum Gasteiger partial charge on any atom is 0.174 e. The molecule has 0 saturated heterocycles. The number of alkyl halides is 1. The van der Waals surface area contributed by atoms with E-state index in [1.807, 2.05) is 0 Å². The van der Waals surface area contributed by atoms with Gasteiger partial charge in [0.2, 0.25) is 0 Å². The normalized spacial score (nSPS) is 17.5. The number of hydrogen-bond donors (Lipinski definition) is 1. The third-order valence-electron chi connectivity index (χ3n) is 2.67. The van der Waals surface area contributed by atoms with Crippen molar-refractivity contribution in [3.8, 4) is 0 Å². The third-order valence-corrected chi connectivity index (χ3v) is 5.97. The van der Waals surface area contributed by atoms with Gasteiger partial charge in [-0.15, -0.1) is 0 Å². The molecular formula is C11H14Cl2O3S. The molecule has 2 unspecified atom stereocenters. The second-order valence-electron chi connectivity index (χ2n) is 3.87. The quantitative estimate of drug-likeness (QED) is 0.869. The van der Waals surface area contributed by atoms with E-state index in [1.54, 1.807) is 25.1 Å². The van der Waals surface area contributed by atoms with Gasteiger partial charge < -0.3 is 5.11 Å². The standard InChI is InChI=1S/C11H14Cl2O3S/c1-3-11(13,17(2,15)16)10(14)8-5-4-6-9(12)7-8/h4-7,10,14H,3H2,1-2H3. The number of benzene rings is 1. The molecule has 0 bridgehead atoms. The monoisotopic (exact) mass is 296 g/mol. The first-order valence-electron chi connectivity index (χ1n) is 5.04. The molecule has 17 heavy (non-hydrogen) atoms. The second-order valence-corrected chi connectivity index (χ2v) is 7.48. The zero-order valence-electron chi connectivity index (χ0n) is 9.52. The lowest BCUT2D eigenvalue weighted by Crippen LogP contribution is -2.37. The molecule has 0 heterocycles. The van der Waals surface area contributed by atoms with Crippen LogP contribution in [0.3, 0.4) is 0 Å². The van der Waals surface area contributed by atoms with Crippen LogP contribution in [0.15, 0.2) is 24.3 Å². The molecule has 2 atom stereocenters. The molecule has 1 aromatic rings. The lowest BCUT2D eigenvalue weighted by Gasteiger charge is -2.29. The molecule has 0 saturated carbocycles. The molecule has 0 aliphatic rings. The van der Waals surface area contributed by atoms with Crippen molar-refractivity contribution < 1.29 is 13.5 Å². The summed E-state index contributed by atoms with van der Waals surface area (Å²) in [7, 11) is -3.60. The van der Waals surface area contributed by atoms with E-state index >= 15 is 0 Å². The molecule has 0 aromatic heterocycles. The molecule has 0 fully saturated rings. The highest BCUT2D eigenvalue weighted by Crippen LogP contribution is 2.39. The summed E-state index contributed by atoms with van der Waals surface area (Å²) in [6.07, 6.45) is -0.207. The summed E-state index contributed by atoms with van der Waals surface area (Å²) in [6, 6.07) is 6.37. The molecule has 1 N–H and O–H groups in total. The zero-order valence-corrected chi connectivity index (χ0v) is 11.9. The molecule has 0 amide bonds. The van der Waals surface area contributed by atoms with E-state index in [-0.39, 0.29) is 6.42 Å². The van der Waals surface area contributed by atoms with Crippen molar-refractivity contribution >= 4 is 33.0 Å². The van der Waals surface area contributed by atoms with Gasteiger partial charge in [0.1, 0.15) is 6.10 Å². The Morgan fingerprint density at radius 3 is 2.47 bits per heavy atom. The summed E-state index contributed by atoms with van der Waals surface area (Å²) in [5, 5.41) is 10.6. The maximum absolute atomic E-state index is 11.7. The van der Waals surface area contributed by atoms with Gasteiger partial charge in [-0.05, 0) is 24.1 Å². The van der Waals surface area contributed by atoms with E-state index in [0.29, 0.717) is 10.6 Å². The summed E-state index contributed by atoms with van der Waals surface area (Å²) >= 11 is 11.8. The van der Waals surface area contributed by atoms with Crippen LogP contribution >= 0.6 is 23.2 Å². The van der Waals surface area contributed by atoms with Crippen LogP contribution in [0.5, 0.6) is 0 Å². The third kappa shape index (κ3) is 2.94. The summed E-state index contributed by atoms with van der Waals surface area (Å²) in [6.45, 7) is 1.61. The summed E-state index contributed by atoms with van der Waals surface area (Å²) in [5.41, 5.74) is 0.389. The fraction of sp³-hybridized carbons (Fsp3) is 0.455. The highest BCUT2D eigenvalue weighted by molar-refractivity contribution is 7.93. The van der Waals surface area contributed by atoms with Gasteiger partial charge in [-0.2, -0.15) is 0 Å². The number of halogens is 2. The molecule has 3 nitrogen and oxygen atoms in total. The Hall–Kier alpha value is -0.290. The van der Waals surface area contributed by atoms with Crippen molar-refractivity contribution in [2.45, 2.75) is 23.7 Å². The Morgan fingerprint density at radius 1 is 1.47 bits per heavy atom. The smallest absolute Gasteiger partial charge is 0.174 e. The van der Waals surface area contributed by atoms with Crippen LogP contribution in [0.25, 0.3) is 0 Å². The number of aliphatic hydroxyl groups excluding tert-OH is 1. The van der Waals surface area contributed by atoms with Gasteiger partial charge in [0, 0.05) is 11.3 Å². The molecule has 0 spiro atoms. The first-order chi connectivity index (χ1) is 7.72. The molecule has 0 aliphatic carbocycles. The minimum atomic E-state index is -3.60. The molecule has 1 rings (SSSR count). The van der Waals surface area contributed by atoms with Crippen molar-refractivity contribution in [1.29, 1.82) is 0 Å². The van der Waals surface area contributed by atoms with Gasteiger partial charge >= 0.3 is 0 Å². The lowest BCUT2D eigenvalue weighted by molar-refractivity contribution is 0.155. The largest absolute Gasteiger partial charge is 0.385 e. The average Bonchev–Trinajstić information content (AvgIpc) is 2.25. The van der Waals surface area contributed by atoms with E-state index in [9.17, 15) is 13.5 Å². The van der Waals surface area contributed by atoms with Gasteiger partial charge in [0.05, 0.1) is 0 Å². The number of aliphatic hydroxyl groups is 1. The van der Waals surface area contributed by atoms with E-state index in [4.69, 9.17) is 23.2 Å². The molecule has 6 heteroatoms. The van der Waals surface area contributed by atoms with Crippen LogP contribution in [0.1, 0.15) is 25.0 Å². The van der Waals surface area contributed by atoms with Crippen molar-refractivity contribution in [2.24, 2.45) is 0 Å². The average molecular weight is 297 g/mol. The predicted molar refractivity (Wildman–Crippen MR) is 70.1 cm³/mol. The second kappa shape index (κ2) is 5.14. The number of sulfone groups is 1. The van der Waals surface area contributed by atoms with Gasteiger partial charge in [-0.25, -0.2) is 8.42 Å². The SMILES string of the molecule is CCC(Cl)(C(O)c1cccc(Cl)c1)S(C)(=O)=O. The zero-order chi connectivity index (χ0) is 13.3. The first kappa shape index (κ1) is 14.8. The van der Waals surface area contributed by atoms with Crippen LogP contribution in [-0.2, 0) is 9.84 Å². The highest BCUT2D eigenvalue weighted by atomic mass is 35.5. The first-order valence-corrected chi connectivity index (χ1v) is 7.69. The lowest BCUT2D eigenvalue weighted by atomic mass is 10.0. The molecule has 96 valence electrons. The topological polar surface area (TPSA) is 54.4 Å². The van der Waals surface area contributed by atoms with Crippen molar-refractivity contribution in [3.63, 3.8) is 0 Å². The van der Waals surface area contributed by atoms with Crippen molar-refractivity contribution in [2.75, 3.05) is 6.26 Å². The maximum atomic E-state index is 11.7. The van der Waals surface area contributed by atoms with Gasteiger partial charge in [0.25, 0.3) is 0 Å². The molecule has 0 radical (unpaired) electrons. The fourth-order valence-corrected chi connectivity index (χ4v) is 2.97. The van der Waals surface area contributed by atoms with Gasteiger partial charge in [-0.1, -0.05) is 42.3 Å². The Bertz CT molecular complexity index is 501. The van der Waals surface area contributed by atoms with E-state index in [1.165, 1.54) is 6.07 Å². The fourth-order valence-electron chi connectivity index (χ4n) is 1.58. The van der Waals surface area contributed by atoms with E-state index in [2.05, 4.69) is 0 Å². The highest BCUT2D eigenvalue weighted by Gasteiger charge is 2.44. The summed E-state index contributed by atoms with van der Waals surface area (Å²) in [4.78, 5) is 0. The predicted octanol–water partition coefficient (Wildman–Crippen LogP) is 2.76. The van der Waals surface area contributed by atoms with Crippen LogP contribution in [0.2, 0.25) is 5.02 Å². The molecular weight excluding hydrogens is 283 g/mol. The Morgan fingerprint density at radius 2 is 2.06 bits per heavy atom. The molecule has 1 aromatic carbocycles. The Balaban J connectivity index is 3.24. The Labute approximate surface area is 111 Å². The number of hydrogen-bond acceptors (Lipinski definition) is 3. The minimum Gasteiger partial charge on any atom is -0.385 e. The molecule has 0 aliphatic heterocycles. The van der Waals surface area contributed by atoms with Crippen LogP contribution in [-0.4, -0.2) is 24.0 Å². The minimum absolute atomic E-state index is 0.0983. The van der Waals surface area contributed by atoms with Crippen molar-refractivity contribution in [1.82, 2.24) is 0 Å². The summed E-state index contributed by atoms with van der Waals surface area (Å²) < 4.78 is 21.6. The van der Waals surface area contributed by atoms with Gasteiger partial charge in [-0.3, -0.25) is 0 Å². The van der Waals surface area contributed by atoms with E-state index < -0.39 is 20.1 Å². The van der Waals surface area contributed by atoms with Crippen LogP contribution < -0.4 is 0 Å². The van der Waals surface area contributed by atoms with Gasteiger partial charge in [0.15, 0.2) is 14.0 Å².